The Morgan fingerprint density at radius 3 is 2.59 bits per heavy atom. The van der Waals surface area contributed by atoms with Crippen molar-refractivity contribution in [2.24, 2.45) is 0 Å². The molecule has 0 bridgehead atoms. The summed E-state index contributed by atoms with van der Waals surface area (Å²) in [5, 5.41) is 0.331. The van der Waals surface area contributed by atoms with Gasteiger partial charge < -0.3 is 13.9 Å². The molecule has 3 aromatic carbocycles. The summed E-state index contributed by atoms with van der Waals surface area (Å²) in [4.78, 5) is 25.0. The van der Waals surface area contributed by atoms with Gasteiger partial charge in [0.2, 0.25) is 11.2 Å². The van der Waals surface area contributed by atoms with Gasteiger partial charge in [0.25, 0.3) is 0 Å². The lowest BCUT2D eigenvalue weighted by Gasteiger charge is -2.08. The monoisotopic (exact) mass is 450 g/mol. The molecule has 0 saturated heterocycles. The van der Waals surface area contributed by atoms with Gasteiger partial charge in [-0.3, -0.25) is 4.79 Å². The molecule has 0 aliphatic rings. The highest BCUT2D eigenvalue weighted by Crippen LogP contribution is 2.25. The fourth-order valence-electron chi connectivity index (χ4n) is 2.81. The fraction of sp³-hybridized carbons (Fsp3) is 0.0435. The van der Waals surface area contributed by atoms with Gasteiger partial charge in [0.05, 0.1) is 10.9 Å². The lowest BCUT2D eigenvalue weighted by Crippen LogP contribution is -2.09. The summed E-state index contributed by atoms with van der Waals surface area (Å²) in [6, 6.07) is 18.9. The van der Waals surface area contributed by atoms with Crippen LogP contribution in [0.25, 0.3) is 11.0 Å². The third kappa shape index (κ3) is 4.22. The summed E-state index contributed by atoms with van der Waals surface area (Å²) >= 11 is 3.32. The van der Waals surface area contributed by atoms with Crippen molar-refractivity contribution in [1.29, 1.82) is 0 Å². The van der Waals surface area contributed by atoms with E-state index in [1.807, 2.05) is 31.2 Å². The lowest BCUT2D eigenvalue weighted by atomic mass is 10.2. The van der Waals surface area contributed by atoms with Gasteiger partial charge in [0.1, 0.15) is 23.3 Å². The second-order valence-electron chi connectivity index (χ2n) is 6.41. The van der Waals surface area contributed by atoms with Crippen LogP contribution in [-0.4, -0.2) is 5.97 Å². The zero-order valence-corrected chi connectivity index (χ0v) is 16.9. The van der Waals surface area contributed by atoms with Crippen molar-refractivity contribution in [2.75, 3.05) is 0 Å². The molecule has 29 heavy (non-hydrogen) atoms. The van der Waals surface area contributed by atoms with Crippen LogP contribution >= 0.6 is 15.9 Å². The molecule has 5 nitrogen and oxygen atoms in total. The molecule has 0 amide bonds. The maximum atomic E-state index is 12.7. The number of carbonyl (C=O) groups is 1. The Balaban J connectivity index is 1.60. The summed E-state index contributed by atoms with van der Waals surface area (Å²) in [7, 11) is 0. The molecular weight excluding hydrogens is 436 g/mol. The highest BCUT2D eigenvalue weighted by atomic mass is 79.9. The van der Waals surface area contributed by atoms with Crippen molar-refractivity contribution in [2.45, 2.75) is 6.92 Å². The van der Waals surface area contributed by atoms with Crippen molar-refractivity contribution >= 4 is 32.9 Å². The Morgan fingerprint density at radius 1 is 0.966 bits per heavy atom. The van der Waals surface area contributed by atoms with Crippen LogP contribution in [0.2, 0.25) is 0 Å². The molecular formula is C23H15BrO5. The quantitative estimate of drug-likeness (QED) is 0.287. The summed E-state index contributed by atoms with van der Waals surface area (Å²) in [6.07, 6.45) is 1.26. The first-order valence-electron chi connectivity index (χ1n) is 8.77. The molecule has 0 saturated carbocycles. The van der Waals surface area contributed by atoms with Gasteiger partial charge in [-0.15, -0.1) is 0 Å². The van der Waals surface area contributed by atoms with E-state index >= 15 is 0 Å². The molecule has 4 rings (SSSR count). The van der Waals surface area contributed by atoms with E-state index in [0.717, 1.165) is 10.0 Å². The number of benzene rings is 3. The predicted molar refractivity (Wildman–Crippen MR) is 113 cm³/mol. The predicted octanol–water partition coefficient (Wildman–Crippen LogP) is 5.88. The van der Waals surface area contributed by atoms with Crippen LogP contribution in [0, 0.1) is 6.92 Å². The number of hydrogen-bond donors (Lipinski definition) is 0. The van der Waals surface area contributed by atoms with Gasteiger partial charge in [0.15, 0.2) is 0 Å². The molecule has 0 spiro atoms. The number of aryl methyl sites for hydroxylation is 1. The number of rotatable bonds is 4. The zero-order valence-electron chi connectivity index (χ0n) is 15.3. The zero-order chi connectivity index (χ0) is 20.4. The largest absolute Gasteiger partial charge is 0.460 e. The normalized spacial score (nSPS) is 10.7. The van der Waals surface area contributed by atoms with Gasteiger partial charge in [-0.2, -0.15) is 0 Å². The Hall–Kier alpha value is -3.38. The molecule has 0 aliphatic heterocycles. The minimum atomic E-state index is -0.507. The Labute approximate surface area is 174 Å². The van der Waals surface area contributed by atoms with Crippen LogP contribution in [0.4, 0.5) is 0 Å². The van der Waals surface area contributed by atoms with Gasteiger partial charge in [-0.25, -0.2) is 4.79 Å². The average Bonchev–Trinajstić information content (AvgIpc) is 2.70. The van der Waals surface area contributed by atoms with Crippen LogP contribution in [0.15, 0.2) is 86.7 Å². The maximum Gasteiger partial charge on any atom is 0.343 e. The molecule has 1 heterocycles. The van der Waals surface area contributed by atoms with E-state index in [1.165, 1.54) is 12.3 Å². The Kier molecular flexibility index (Phi) is 5.18. The number of carbonyl (C=O) groups excluding carboxylic acids is 1. The minimum Gasteiger partial charge on any atom is -0.460 e. The number of fused-ring (bicyclic) bond motifs is 1. The van der Waals surface area contributed by atoms with E-state index in [9.17, 15) is 9.59 Å². The molecule has 0 fully saturated rings. The van der Waals surface area contributed by atoms with E-state index in [4.69, 9.17) is 13.9 Å². The summed E-state index contributed by atoms with van der Waals surface area (Å²) in [5.41, 5.74) is 1.41. The van der Waals surface area contributed by atoms with Crippen molar-refractivity contribution in [3.05, 3.63) is 98.8 Å². The second-order valence-corrected chi connectivity index (χ2v) is 7.32. The third-order valence-corrected chi connectivity index (χ3v) is 4.70. The smallest absolute Gasteiger partial charge is 0.343 e. The topological polar surface area (TPSA) is 65.7 Å². The van der Waals surface area contributed by atoms with Crippen molar-refractivity contribution in [1.82, 2.24) is 0 Å². The van der Waals surface area contributed by atoms with E-state index in [-0.39, 0.29) is 16.9 Å². The van der Waals surface area contributed by atoms with Crippen molar-refractivity contribution in [3.8, 4) is 17.2 Å². The van der Waals surface area contributed by atoms with Crippen molar-refractivity contribution in [3.63, 3.8) is 0 Å². The van der Waals surface area contributed by atoms with Crippen LogP contribution in [0.5, 0.6) is 17.2 Å². The number of hydrogen-bond acceptors (Lipinski definition) is 5. The average molecular weight is 451 g/mol. The van der Waals surface area contributed by atoms with E-state index < -0.39 is 5.97 Å². The SMILES string of the molecule is Cc1cccc(Oc2coc3cc(OC(=O)c4cccc(Br)c4)ccc3c2=O)c1. The van der Waals surface area contributed by atoms with Crippen LogP contribution in [0.1, 0.15) is 15.9 Å². The van der Waals surface area contributed by atoms with Gasteiger partial charge >= 0.3 is 5.97 Å². The summed E-state index contributed by atoms with van der Waals surface area (Å²) in [6.45, 7) is 1.94. The molecule has 144 valence electrons. The van der Waals surface area contributed by atoms with Gasteiger partial charge in [0, 0.05) is 10.5 Å². The van der Waals surface area contributed by atoms with Gasteiger partial charge in [-0.1, -0.05) is 34.1 Å². The first-order valence-corrected chi connectivity index (χ1v) is 9.57. The highest BCUT2D eigenvalue weighted by Gasteiger charge is 2.13. The molecule has 4 aromatic rings. The van der Waals surface area contributed by atoms with Crippen molar-refractivity contribution < 1.29 is 18.7 Å². The van der Waals surface area contributed by atoms with Crippen LogP contribution in [0.3, 0.4) is 0 Å². The second kappa shape index (κ2) is 7.93. The summed E-state index contributed by atoms with van der Waals surface area (Å²) < 4.78 is 17.4. The third-order valence-electron chi connectivity index (χ3n) is 4.20. The standard InChI is InChI=1S/C23H15BrO5/c1-14-4-2-7-17(10-14)28-21-13-27-20-12-18(8-9-19(20)22(21)25)29-23(26)15-5-3-6-16(24)11-15/h2-13H,1H3. The van der Waals surface area contributed by atoms with E-state index in [1.54, 1.807) is 36.4 Å². The number of esters is 1. The first kappa shape index (κ1) is 19.0. The summed E-state index contributed by atoms with van der Waals surface area (Å²) in [5.74, 6) is 0.406. The highest BCUT2D eigenvalue weighted by molar-refractivity contribution is 9.10. The minimum absolute atomic E-state index is 0.0852. The Bertz CT molecular complexity index is 1280. The van der Waals surface area contributed by atoms with Crippen LogP contribution < -0.4 is 14.9 Å². The molecule has 0 atom stereocenters. The maximum absolute atomic E-state index is 12.7. The molecule has 0 N–H and O–H groups in total. The number of halogens is 1. The first-order chi connectivity index (χ1) is 14.0. The molecule has 6 heteroatoms. The molecule has 0 aliphatic carbocycles. The lowest BCUT2D eigenvalue weighted by molar-refractivity contribution is 0.0735. The van der Waals surface area contributed by atoms with E-state index in [0.29, 0.717) is 22.3 Å². The Morgan fingerprint density at radius 2 is 1.79 bits per heavy atom. The number of ether oxygens (including phenoxy) is 2. The molecule has 0 radical (unpaired) electrons. The van der Waals surface area contributed by atoms with Crippen LogP contribution in [-0.2, 0) is 0 Å². The fourth-order valence-corrected chi connectivity index (χ4v) is 3.21. The van der Waals surface area contributed by atoms with E-state index in [2.05, 4.69) is 15.9 Å². The molecule has 0 unspecified atom stereocenters. The van der Waals surface area contributed by atoms with Gasteiger partial charge in [-0.05, 0) is 55.0 Å². The molecule has 1 aromatic heterocycles.